The third-order valence-corrected chi connectivity index (χ3v) is 10.2. The topological polar surface area (TPSA) is 105 Å². The Morgan fingerprint density at radius 3 is 2.34 bits per heavy atom. The molecule has 0 spiro atoms. The maximum absolute atomic E-state index is 14.3. The van der Waals surface area contributed by atoms with E-state index in [4.69, 9.17) is 32.7 Å². The van der Waals surface area contributed by atoms with E-state index in [0.717, 1.165) is 30.0 Å². The molecule has 1 heterocycles. The Morgan fingerprint density at radius 1 is 0.955 bits per heavy atom. The van der Waals surface area contributed by atoms with Crippen molar-refractivity contribution < 1.29 is 27.5 Å². The number of carbonyl (C=O) groups is 2. The Hall–Kier alpha value is -3.47. The zero-order valence-electron chi connectivity index (χ0n) is 24.4. The van der Waals surface area contributed by atoms with Gasteiger partial charge in [-0.2, -0.15) is 0 Å². The monoisotopic (exact) mass is 659 g/mol. The van der Waals surface area contributed by atoms with Gasteiger partial charge >= 0.3 is 0 Å². The average molecular weight is 661 g/mol. The third-order valence-electron chi connectivity index (χ3n) is 7.87. The summed E-state index contributed by atoms with van der Waals surface area (Å²) >= 11 is 12.6. The van der Waals surface area contributed by atoms with Crippen LogP contribution < -0.4 is 19.1 Å². The number of carbonyl (C=O) groups excluding carboxylic acids is 2. The number of hydrogen-bond donors (Lipinski definition) is 1. The highest BCUT2D eigenvalue weighted by molar-refractivity contribution is 7.92. The van der Waals surface area contributed by atoms with Crippen LogP contribution in [-0.2, 0) is 26.2 Å². The van der Waals surface area contributed by atoms with E-state index in [1.54, 1.807) is 54.6 Å². The number of benzene rings is 3. The lowest BCUT2D eigenvalue weighted by Crippen LogP contribution is -2.53. The molecule has 3 aromatic carbocycles. The van der Waals surface area contributed by atoms with Gasteiger partial charge in [-0.3, -0.25) is 13.9 Å². The fraction of sp³-hybridized carbons (Fsp3) is 0.375. The summed E-state index contributed by atoms with van der Waals surface area (Å²) < 4.78 is 40.5. The van der Waals surface area contributed by atoms with Gasteiger partial charge in [0.2, 0.25) is 11.8 Å². The Morgan fingerprint density at radius 2 is 1.66 bits per heavy atom. The van der Waals surface area contributed by atoms with Crippen LogP contribution in [0.4, 0.5) is 5.69 Å². The van der Waals surface area contributed by atoms with Crippen molar-refractivity contribution in [3.63, 3.8) is 0 Å². The molecule has 2 amide bonds. The fourth-order valence-electron chi connectivity index (χ4n) is 5.56. The second-order valence-electron chi connectivity index (χ2n) is 10.8. The minimum atomic E-state index is -4.22. The van der Waals surface area contributed by atoms with Gasteiger partial charge in [-0.05, 0) is 61.2 Å². The van der Waals surface area contributed by atoms with Crippen molar-refractivity contribution >= 4 is 50.7 Å². The quantitative estimate of drug-likeness (QED) is 0.278. The minimum Gasteiger partial charge on any atom is -0.486 e. The average Bonchev–Trinajstić information content (AvgIpc) is 3.54. The van der Waals surface area contributed by atoms with Gasteiger partial charge in [0.1, 0.15) is 25.8 Å². The SMILES string of the molecule is CC[C@H](C(=O)NC1CCCC1)N(Cc1ccc(Cl)cc1Cl)C(=O)CN(c1ccc2c(c1)OCCO2)S(=O)(=O)c1ccccc1. The second-order valence-corrected chi connectivity index (χ2v) is 13.5. The van der Waals surface area contributed by atoms with Crippen LogP contribution in [-0.4, -0.2) is 57.0 Å². The van der Waals surface area contributed by atoms with Crippen molar-refractivity contribution in [2.24, 2.45) is 0 Å². The van der Waals surface area contributed by atoms with Crippen LogP contribution in [0.15, 0.2) is 71.6 Å². The molecule has 1 saturated carbocycles. The van der Waals surface area contributed by atoms with Crippen LogP contribution in [0, 0.1) is 0 Å². The number of rotatable bonds is 11. The number of nitrogens with one attached hydrogen (secondary N) is 1. The zero-order valence-corrected chi connectivity index (χ0v) is 26.7. The van der Waals surface area contributed by atoms with Crippen LogP contribution in [0.1, 0.15) is 44.6 Å². The molecule has 2 aliphatic rings. The summed E-state index contributed by atoms with van der Waals surface area (Å²) in [7, 11) is -4.22. The predicted octanol–water partition coefficient (Wildman–Crippen LogP) is 5.83. The second kappa shape index (κ2) is 14.1. The van der Waals surface area contributed by atoms with E-state index in [1.165, 1.54) is 17.0 Å². The molecule has 9 nitrogen and oxygen atoms in total. The molecule has 1 atom stereocenters. The molecular weight excluding hydrogens is 625 g/mol. The molecule has 1 aliphatic carbocycles. The molecule has 1 aliphatic heterocycles. The standard InChI is InChI=1S/C32H35Cl2N3O6S/c1-2-28(32(39)35-24-8-6-7-9-24)36(20-22-12-13-23(33)18-27(22)34)31(38)21-37(44(40,41)26-10-4-3-5-11-26)25-14-15-29-30(19-25)43-17-16-42-29/h3-5,10-15,18-19,24,28H,2,6-9,16-17,20-21H2,1H3,(H,35,39)/t28-/m1/s1. The Labute approximate surface area is 268 Å². The first-order valence-electron chi connectivity index (χ1n) is 14.7. The van der Waals surface area contributed by atoms with Crippen molar-refractivity contribution in [3.8, 4) is 11.5 Å². The van der Waals surface area contributed by atoms with Crippen molar-refractivity contribution in [2.45, 2.75) is 62.6 Å². The van der Waals surface area contributed by atoms with Crippen molar-refractivity contribution in [1.82, 2.24) is 10.2 Å². The lowest BCUT2D eigenvalue weighted by Gasteiger charge is -2.34. The minimum absolute atomic E-state index is 0.0148. The number of halogens is 2. The van der Waals surface area contributed by atoms with Crippen molar-refractivity contribution in [2.75, 3.05) is 24.1 Å². The number of ether oxygens (including phenoxy) is 2. The Kier molecular flexibility index (Phi) is 10.2. The molecule has 0 bridgehead atoms. The number of fused-ring (bicyclic) bond motifs is 1. The molecule has 0 aromatic heterocycles. The molecule has 1 N–H and O–H groups in total. The van der Waals surface area contributed by atoms with E-state index < -0.39 is 28.5 Å². The highest BCUT2D eigenvalue weighted by Crippen LogP contribution is 2.36. The highest BCUT2D eigenvalue weighted by atomic mass is 35.5. The van der Waals surface area contributed by atoms with Crippen LogP contribution in [0.5, 0.6) is 11.5 Å². The molecule has 0 saturated heterocycles. The van der Waals surface area contributed by atoms with Crippen molar-refractivity contribution in [1.29, 1.82) is 0 Å². The molecule has 0 radical (unpaired) electrons. The van der Waals surface area contributed by atoms with Gasteiger partial charge in [0.25, 0.3) is 10.0 Å². The molecule has 3 aromatic rings. The normalized spacial score (nSPS) is 15.4. The number of nitrogens with zero attached hydrogens (tertiary/aromatic N) is 2. The van der Waals surface area contributed by atoms with Gasteiger partial charge < -0.3 is 19.7 Å². The lowest BCUT2D eigenvalue weighted by atomic mass is 10.1. The highest BCUT2D eigenvalue weighted by Gasteiger charge is 2.35. The molecule has 44 heavy (non-hydrogen) atoms. The molecule has 234 valence electrons. The molecule has 12 heteroatoms. The number of hydrogen-bond acceptors (Lipinski definition) is 6. The van der Waals surface area contributed by atoms with Crippen LogP contribution in [0.25, 0.3) is 0 Å². The first-order chi connectivity index (χ1) is 21.2. The van der Waals surface area contributed by atoms with Crippen LogP contribution >= 0.6 is 23.2 Å². The summed E-state index contributed by atoms with van der Waals surface area (Å²) in [5.41, 5.74) is 0.799. The van der Waals surface area contributed by atoms with Gasteiger partial charge in [-0.1, -0.05) is 67.2 Å². The maximum Gasteiger partial charge on any atom is 0.264 e. The van der Waals surface area contributed by atoms with E-state index in [9.17, 15) is 18.0 Å². The summed E-state index contributed by atoms with van der Waals surface area (Å²) in [6.07, 6.45) is 4.14. The van der Waals surface area contributed by atoms with E-state index >= 15 is 0 Å². The smallest absolute Gasteiger partial charge is 0.264 e. The first kappa shape index (κ1) is 31.9. The Balaban J connectivity index is 1.53. The Bertz CT molecular complexity index is 1600. The summed E-state index contributed by atoms with van der Waals surface area (Å²) in [6.45, 7) is 1.91. The van der Waals surface area contributed by atoms with Crippen LogP contribution in [0.3, 0.4) is 0 Å². The first-order valence-corrected chi connectivity index (χ1v) is 16.9. The van der Waals surface area contributed by atoms with Gasteiger partial charge in [-0.25, -0.2) is 8.42 Å². The maximum atomic E-state index is 14.3. The zero-order chi connectivity index (χ0) is 31.3. The number of sulfonamides is 1. The van der Waals surface area contributed by atoms with Crippen LogP contribution in [0.2, 0.25) is 10.0 Å². The van der Waals surface area contributed by atoms with Gasteiger partial charge in [0.05, 0.1) is 10.6 Å². The third kappa shape index (κ3) is 7.25. The van der Waals surface area contributed by atoms with Gasteiger partial charge in [0.15, 0.2) is 11.5 Å². The van der Waals surface area contributed by atoms with E-state index in [-0.39, 0.29) is 29.1 Å². The fourth-order valence-corrected chi connectivity index (χ4v) is 7.45. The van der Waals surface area contributed by atoms with Crippen molar-refractivity contribution in [3.05, 3.63) is 82.3 Å². The number of amides is 2. The molecular formula is C32H35Cl2N3O6S. The van der Waals surface area contributed by atoms with E-state index in [0.29, 0.717) is 46.7 Å². The summed E-state index contributed by atoms with van der Waals surface area (Å²) in [4.78, 5) is 29.4. The molecule has 5 rings (SSSR count). The molecule has 0 unspecified atom stereocenters. The summed E-state index contributed by atoms with van der Waals surface area (Å²) in [5.74, 6) is 0.00660. The number of anilines is 1. The summed E-state index contributed by atoms with van der Waals surface area (Å²) in [6, 6.07) is 16.7. The van der Waals surface area contributed by atoms with Gasteiger partial charge in [-0.15, -0.1) is 0 Å². The van der Waals surface area contributed by atoms with Gasteiger partial charge in [0, 0.05) is 28.7 Å². The van der Waals surface area contributed by atoms with E-state index in [2.05, 4.69) is 5.32 Å². The largest absolute Gasteiger partial charge is 0.486 e. The summed E-state index contributed by atoms with van der Waals surface area (Å²) in [5, 5.41) is 3.87. The molecule has 1 fully saturated rings. The van der Waals surface area contributed by atoms with E-state index in [1.807, 2.05) is 6.92 Å². The predicted molar refractivity (Wildman–Crippen MR) is 170 cm³/mol. The lowest BCUT2D eigenvalue weighted by molar-refractivity contribution is -0.140.